The summed E-state index contributed by atoms with van der Waals surface area (Å²) < 4.78 is 36.0. The predicted molar refractivity (Wildman–Crippen MR) is 40.1 cm³/mol. The number of halogens is 3. The van der Waals surface area contributed by atoms with E-state index >= 15 is 0 Å². The molecule has 3 N–H and O–H groups in total. The number of hydrogen-bond acceptors (Lipinski definition) is 1. The van der Waals surface area contributed by atoms with Crippen LogP contribution in [0.25, 0.3) is 0 Å². The molecule has 0 saturated heterocycles. The van der Waals surface area contributed by atoms with E-state index in [0.717, 1.165) is 13.8 Å². The van der Waals surface area contributed by atoms with E-state index < -0.39 is 11.7 Å². The van der Waals surface area contributed by atoms with Gasteiger partial charge < -0.3 is 11.1 Å². The Hall–Kier alpha value is -0.520. The molecule has 0 unspecified atom stereocenters. The fourth-order valence-electron chi connectivity index (χ4n) is 0.379. The van der Waals surface area contributed by atoms with Crippen LogP contribution in [0.1, 0.15) is 13.8 Å². The topological polar surface area (TPSA) is 38.0 Å². The molecule has 0 fully saturated rings. The van der Waals surface area contributed by atoms with Gasteiger partial charge in [-0.15, -0.1) is 0 Å². The Morgan fingerprint density at radius 3 is 1.82 bits per heavy atom. The summed E-state index contributed by atoms with van der Waals surface area (Å²) in [5.74, 6) is 0. The third-order valence-electron chi connectivity index (χ3n) is 1.14. The van der Waals surface area contributed by atoms with E-state index in [4.69, 9.17) is 5.73 Å². The van der Waals surface area contributed by atoms with Crippen molar-refractivity contribution in [2.75, 3.05) is 0 Å². The second-order valence-corrected chi connectivity index (χ2v) is 3.05. The van der Waals surface area contributed by atoms with Crippen molar-refractivity contribution in [3.63, 3.8) is 0 Å². The lowest BCUT2D eigenvalue weighted by Crippen LogP contribution is -2.55. The van der Waals surface area contributed by atoms with Crippen LogP contribution in [-0.4, -0.2) is 16.8 Å². The second-order valence-electron chi connectivity index (χ2n) is 2.61. The SMILES string of the molecule is CC(C)(NC(N)=S)C(F)(F)F. The highest BCUT2D eigenvalue weighted by atomic mass is 32.1. The Balaban J connectivity index is 4.34. The van der Waals surface area contributed by atoms with Gasteiger partial charge in [0.05, 0.1) is 0 Å². The van der Waals surface area contributed by atoms with Crippen molar-refractivity contribution in [3.8, 4) is 0 Å². The minimum absolute atomic E-state index is 0.354. The van der Waals surface area contributed by atoms with Crippen LogP contribution in [0, 0.1) is 0 Å². The number of hydrogen-bond donors (Lipinski definition) is 2. The molecule has 2 nitrogen and oxygen atoms in total. The molecule has 0 aromatic carbocycles. The maximum absolute atomic E-state index is 12.0. The number of thiocarbonyl (C=S) groups is 1. The van der Waals surface area contributed by atoms with Crippen molar-refractivity contribution in [3.05, 3.63) is 0 Å². The average Bonchev–Trinajstić information content (AvgIpc) is 1.56. The van der Waals surface area contributed by atoms with Gasteiger partial charge in [0.1, 0.15) is 5.54 Å². The number of rotatable bonds is 1. The lowest BCUT2D eigenvalue weighted by atomic mass is 10.1. The second kappa shape index (κ2) is 2.84. The standard InChI is InChI=1S/C5H9F3N2S/c1-4(2,5(6,7)8)10-3(9)11/h1-2H3,(H3,9,10,11). The molecule has 0 heterocycles. The Kier molecular flexibility index (Phi) is 2.71. The van der Waals surface area contributed by atoms with E-state index in [1.165, 1.54) is 0 Å². The Labute approximate surface area is 67.9 Å². The van der Waals surface area contributed by atoms with Gasteiger partial charge in [-0.2, -0.15) is 13.2 Å². The molecule has 0 amide bonds. The fraction of sp³-hybridized carbons (Fsp3) is 0.800. The first-order valence-corrected chi connectivity index (χ1v) is 3.22. The molecule has 0 spiro atoms. The molecule has 6 heteroatoms. The zero-order valence-corrected chi connectivity index (χ0v) is 6.94. The molecule has 0 aromatic heterocycles. The molecule has 0 rings (SSSR count). The Bertz CT molecular complexity index is 164. The van der Waals surface area contributed by atoms with Crippen LogP contribution in [0.15, 0.2) is 0 Å². The van der Waals surface area contributed by atoms with Crippen molar-refractivity contribution >= 4 is 17.3 Å². The third-order valence-corrected chi connectivity index (χ3v) is 1.25. The summed E-state index contributed by atoms with van der Waals surface area (Å²) in [6.45, 7) is 1.93. The monoisotopic (exact) mass is 186 g/mol. The van der Waals surface area contributed by atoms with Gasteiger partial charge >= 0.3 is 6.18 Å². The Morgan fingerprint density at radius 2 is 1.73 bits per heavy atom. The minimum atomic E-state index is -4.35. The molecule has 0 radical (unpaired) electrons. The van der Waals surface area contributed by atoms with Crippen molar-refractivity contribution in [1.82, 2.24) is 5.32 Å². The first-order chi connectivity index (χ1) is 4.67. The van der Waals surface area contributed by atoms with Gasteiger partial charge in [0, 0.05) is 0 Å². The van der Waals surface area contributed by atoms with Crippen LogP contribution in [0.5, 0.6) is 0 Å². The van der Waals surface area contributed by atoms with Crippen molar-refractivity contribution in [1.29, 1.82) is 0 Å². The minimum Gasteiger partial charge on any atom is -0.376 e. The van der Waals surface area contributed by atoms with Gasteiger partial charge in [0.15, 0.2) is 5.11 Å². The molecular formula is C5H9F3N2S. The highest BCUT2D eigenvalue weighted by Gasteiger charge is 2.47. The number of alkyl halides is 3. The third kappa shape index (κ3) is 2.92. The van der Waals surface area contributed by atoms with Gasteiger partial charge in [0.2, 0.25) is 0 Å². The van der Waals surface area contributed by atoms with Crippen LogP contribution in [0.3, 0.4) is 0 Å². The van der Waals surface area contributed by atoms with E-state index in [-0.39, 0.29) is 5.11 Å². The van der Waals surface area contributed by atoms with Crippen LogP contribution in [0.4, 0.5) is 13.2 Å². The quantitative estimate of drug-likeness (QED) is 0.603. The lowest BCUT2D eigenvalue weighted by molar-refractivity contribution is -0.181. The van der Waals surface area contributed by atoms with Gasteiger partial charge in [-0.05, 0) is 26.1 Å². The highest BCUT2D eigenvalue weighted by molar-refractivity contribution is 7.80. The van der Waals surface area contributed by atoms with Gasteiger partial charge in [0.25, 0.3) is 0 Å². The van der Waals surface area contributed by atoms with Crippen LogP contribution >= 0.6 is 12.2 Å². The molecule has 0 bridgehead atoms. The molecule has 0 aliphatic heterocycles. The van der Waals surface area contributed by atoms with Crippen molar-refractivity contribution < 1.29 is 13.2 Å². The molecule has 0 saturated carbocycles. The van der Waals surface area contributed by atoms with Crippen LogP contribution in [0.2, 0.25) is 0 Å². The summed E-state index contributed by atoms with van der Waals surface area (Å²) in [5.41, 5.74) is 2.84. The zero-order chi connectivity index (χ0) is 9.28. The number of nitrogens with two attached hydrogens (primary N) is 1. The fourth-order valence-corrected chi connectivity index (χ4v) is 0.634. The largest absolute Gasteiger partial charge is 0.410 e. The zero-order valence-electron chi connectivity index (χ0n) is 6.12. The normalized spacial score (nSPS) is 12.8. The van der Waals surface area contributed by atoms with E-state index in [9.17, 15) is 13.2 Å². The van der Waals surface area contributed by atoms with Gasteiger partial charge in [-0.25, -0.2) is 0 Å². The highest BCUT2D eigenvalue weighted by Crippen LogP contribution is 2.29. The summed E-state index contributed by atoms with van der Waals surface area (Å²) in [5, 5.41) is 1.59. The molecular weight excluding hydrogens is 177 g/mol. The molecule has 0 aliphatic carbocycles. The molecule has 0 aromatic rings. The Morgan fingerprint density at radius 1 is 1.36 bits per heavy atom. The van der Waals surface area contributed by atoms with Crippen molar-refractivity contribution in [2.24, 2.45) is 5.73 Å². The van der Waals surface area contributed by atoms with E-state index in [0.29, 0.717) is 0 Å². The molecule has 0 atom stereocenters. The van der Waals surface area contributed by atoms with Crippen molar-refractivity contribution in [2.45, 2.75) is 25.6 Å². The van der Waals surface area contributed by atoms with E-state index in [1.54, 1.807) is 0 Å². The van der Waals surface area contributed by atoms with Crippen LogP contribution in [-0.2, 0) is 0 Å². The molecule has 0 aliphatic rings. The molecule has 66 valence electrons. The average molecular weight is 186 g/mol. The number of nitrogens with one attached hydrogen (secondary N) is 1. The lowest BCUT2D eigenvalue weighted by Gasteiger charge is -2.28. The summed E-state index contributed by atoms with van der Waals surface area (Å²) >= 11 is 4.28. The summed E-state index contributed by atoms with van der Waals surface area (Å²) in [6, 6.07) is 0. The molecule has 11 heavy (non-hydrogen) atoms. The predicted octanol–water partition coefficient (Wildman–Crippen LogP) is 1.16. The van der Waals surface area contributed by atoms with Gasteiger partial charge in [-0.3, -0.25) is 0 Å². The van der Waals surface area contributed by atoms with E-state index in [1.807, 2.05) is 5.32 Å². The maximum Gasteiger partial charge on any atom is 0.410 e. The first kappa shape index (κ1) is 10.5. The smallest absolute Gasteiger partial charge is 0.376 e. The summed E-state index contributed by atoms with van der Waals surface area (Å²) in [4.78, 5) is 0. The first-order valence-electron chi connectivity index (χ1n) is 2.81. The summed E-state index contributed by atoms with van der Waals surface area (Å²) in [7, 11) is 0. The van der Waals surface area contributed by atoms with Gasteiger partial charge in [-0.1, -0.05) is 0 Å². The summed E-state index contributed by atoms with van der Waals surface area (Å²) in [6.07, 6.45) is -4.35. The van der Waals surface area contributed by atoms with E-state index in [2.05, 4.69) is 12.2 Å². The maximum atomic E-state index is 12.0. The van der Waals surface area contributed by atoms with Crippen LogP contribution < -0.4 is 11.1 Å².